The minimum absolute atomic E-state index is 0.00122. The van der Waals surface area contributed by atoms with Gasteiger partial charge in [0.2, 0.25) is 0 Å². The number of nitrogens with zero attached hydrogens (tertiary/aromatic N) is 1. The molecular formula is C16H19ClFNOS. The van der Waals surface area contributed by atoms with Gasteiger partial charge < -0.3 is 5.11 Å². The largest absolute Gasteiger partial charge is 0.392 e. The number of halogens is 2. The van der Waals surface area contributed by atoms with E-state index in [0.717, 1.165) is 10.7 Å². The molecule has 0 radical (unpaired) electrons. The molecule has 1 N–H and O–H groups in total. The van der Waals surface area contributed by atoms with Crippen LogP contribution in [0, 0.1) is 5.82 Å². The lowest BCUT2D eigenvalue weighted by atomic mass is 9.93. The van der Waals surface area contributed by atoms with Crippen LogP contribution < -0.4 is 0 Å². The molecule has 1 aromatic carbocycles. The van der Waals surface area contributed by atoms with Gasteiger partial charge in [0, 0.05) is 23.6 Å². The molecule has 0 fully saturated rings. The van der Waals surface area contributed by atoms with Crippen LogP contribution in [0.5, 0.6) is 0 Å². The average Bonchev–Trinajstić information content (AvgIpc) is 2.83. The molecule has 2 aromatic rings. The zero-order chi connectivity index (χ0) is 15.6. The van der Waals surface area contributed by atoms with Gasteiger partial charge in [-0.25, -0.2) is 9.37 Å². The summed E-state index contributed by atoms with van der Waals surface area (Å²) in [6, 6.07) is 4.84. The SMILES string of the molecule is CC(C)(C)c1csc(CC(O)Cc2cccc(Cl)c2F)n1. The van der Waals surface area contributed by atoms with Crippen molar-refractivity contribution in [2.24, 2.45) is 0 Å². The van der Waals surface area contributed by atoms with E-state index in [4.69, 9.17) is 11.6 Å². The Bertz CT molecular complexity index is 621. The highest BCUT2D eigenvalue weighted by atomic mass is 35.5. The van der Waals surface area contributed by atoms with Crippen LogP contribution in [0.15, 0.2) is 23.6 Å². The van der Waals surface area contributed by atoms with Crippen molar-refractivity contribution in [3.05, 3.63) is 50.7 Å². The molecular weight excluding hydrogens is 309 g/mol. The van der Waals surface area contributed by atoms with E-state index in [1.165, 1.54) is 17.4 Å². The van der Waals surface area contributed by atoms with E-state index >= 15 is 0 Å². The highest BCUT2D eigenvalue weighted by Gasteiger charge is 2.19. The smallest absolute Gasteiger partial charge is 0.145 e. The standard InChI is InChI=1S/C16H19ClFNOS/c1-16(2,3)13-9-21-14(19-13)8-11(20)7-10-5-4-6-12(17)15(10)18/h4-6,9,11,20H,7-8H2,1-3H3. The maximum atomic E-state index is 13.8. The Hall–Kier alpha value is -0.970. The molecule has 0 spiro atoms. The topological polar surface area (TPSA) is 33.1 Å². The maximum Gasteiger partial charge on any atom is 0.145 e. The highest BCUT2D eigenvalue weighted by Crippen LogP contribution is 2.25. The molecule has 0 amide bonds. The molecule has 0 bridgehead atoms. The second-order valence-corrected chi connectivity index (χ2v) is 7.50. The van der Waals surface area contributed by atoms with Crippen molar-refractivity contribution in [3.63, 3.8) is 0 Å². The van der Waals surface area contributed by atoms with Gasteiger partial charge in [-0.3, -0.25) is 0 Å². The molecule has 0 aliphatic carbocycles. The Labute approximate surface area is 133 Å². The van der Waals surface area contributed by atoms with E-state index in [2.05, 4.69) is 25.8 Å². The van der Waals surface area contributed by atoms with E-state index in [1.54, 1.807) is 12.1 Å². The number of hydrogen-bond acceptors (Lipinski definition) is 3. The number of aliphatic hydroxyl groups excluding tert-OH is 1. The Morgan fingerprint density at radius 1 is 1.33 bits per heavy atom. The van der Waals surface area contributed by atoms with Gasteiger partial charge in [-0.1, -0.05) is 44.5 Å². The van der Waals surface area contributed by atoms with Crippen molar-refractivity contribution in [2.75, 3.05) is 0 Å². The second kappa shape index (κ2) is 6.42. The molecule has 2 nitrogen and oxygen atoms in total. The van der Waals surface area contributed by atoms with Crippen LogP contribution in [0.25, 0.3) is 0 Å². The van der Waals surface area contributed by atoms with Crippen LogP contribution in [0.3, 0.4) is 0 Å². The first-order chi connectivity index (χ1) is 9.77. The summed E-state index contributed by atoms with van der Waals surface area (Å²) in [6.45, 7) is 6.30. The Morgan fingerprint density at radius 2 is 2.05 bits per heavy atom. The third kappa shape index (κ3) is 4.25. The summed E-state index contributed by atoms with van der Waals surface area (Å²) in [6.07, 6.45) is -0.0132. The minimum Gasteiger partial charge on any atom is -0.392 e. The molecule has 0 saturated carbocycles. The molecule has 21 heavy (non-hydrogen) atoms. The van der Waals surface area contributed by atoms with Crippen LogP contribution in [0.1, 0.15) is 37.0 Å². The van der Waals surface area contributed by atoms with Crippen LogP contribution in [-0.2, 0) is 18.3 Å². The summed E-state index contributed by atoms with van der Waals surface area (Å²) in [5.74, 6) is -0.451. The maximum absolute atomic E-state index is 13.8. The van der Waals surface area contributed by atoms with E-state index in [0.29, 0.717) is 12.0 Å². The molecule has 0 aliphatic heterocycles. The van der Waals surface area contributed by atoms with Gasteiger partial charge in [0.1, 0.15) is 5.82 Å². The average molecular weight is 328 g/mol. The predicted octanol–water partition coefficient (Wildman–Crippen LogP) is 4.38. The molecule has 1 unspecified atom stereocenters. The van der Waals surface area contributed by atoms with E-state index in [1.807, 2.05) is 5.38 Å². The Balaban J connectivity index is 2.03. The third-order valence-corrected chi connectivity index (χ3v) is 4.38. The summed E-state index contributed by atoms with van der Waals surface area (Å²) in [5, 5.41) is 13.1. The quantitative estimate of drug-likeness (QED) is 0.904. The molecule has 1 atom stereocenters. The number of aliphatic hydroxyl groups is 1. The predicted molar refractivity (Wildman–Crippen MR) is 85.6 cm³/mol. The molecule has 5 heteroatoms. The van der Waals surface area contributed by atoms with E-state index in [-0.39, 0.29) is 16.9 Å². The minimum atomic E-state index is -0.670. The van der Waals surface area contributed by atoms with Crippen molar-refractivity contribution >= 4 is 22.9 Å². The zero-order valence-corrected chi connectivity index (χ0v) is 13.9. The van der Waals surface area contributed by atoms with Crippen molar-refractivity contribution in [1.29, 1.82) is 0 Å². The van der Waals surface area contributed by atoms with Crippen LogP contribution in [0.4, 0.5) is 4.39 Å². The molecule has 0 aliphatic rings. The number of hydrogen-bond donors (Lipinski definition) is 1. The van der Waals surface area contributed by atoms with Gasteiger partial charge in [0.25, 0.3) is 0 Å². The molecule has 114 valence electrons. The third-order valence-electron chi connectivity index (χ3n) is 3.22. The number of rotatable bonds is 4. The van der Waals surface area contributed by atoms with Crippen molar-refractivity contribution in [3.8, 4) is 0 Å². The fraction of sp³-hybridized carbons (Fsp3) is 0.438. The lowest BCUT2D eigenvalue weighted by molar-refractivity contribution is 0.174. The fourth-order valence-corrected chi connectivity index (χ4v) is 3.27. The summed E-state index contributed by atoms with van der Waals surface area (Å²) < 4.78 is 13.8. The first-order valence-corrected chi connectivity index (χ1v) is 8.09. The summed E-state index contributed by atoms with van der Waals surface area (Å²) in [7, 11) is 0. The van der Waals surface area contributed by atoms with Crippen molar-refractivity contribution < 1.29 is 9.50 Å². The second-order valence-electron chi connectivity index (χ2n) is 6.15. The summed E-state index contributed by atoms with van der Waals surface area (Å²) in [5.41, 5.74) is 1.45. The lowest BCUT2D eigenvalue weighted by Gasteiger charge is -2.14. The van der Waals surface area contributed by atoms with Gasteiger partial charge in [0.15, 0.2) is 0 Å². The van der Waals surface area contributed by atoms with Gasteiger partial charge in [0.05, 0.1) is 21.8 Å². The monoisotopic (exact) mass is 327 g/mol. The van der Waals surface area contributed by atoms with Crippen molar-refractivity contribution in [2.45, 2.75) is 45.1 Å². The van der Waals surface area contributed by atoms with Crippen molar-refractivity contribution in [1.82, 2.24) is 4.98 Å². The summed E-state index contributed by atoms with van der Waals surface area (Å²) in [4.78, 5) is 4.54. The molecule has 0 saturated heterocycles. The number of thiazole rings is 1. The summed E-state index contributed by atoms with van der Waals surface area (Å²) >= 11 is 7.28. The first-order valence-electron chi connectivity index (χ1n) is 6.83. The fourth-order valence-electron chi connectivity index (χ4n) is 1.98. The van der Waals surface area contributed by atoms with E-state index < -0.39 is 11.9 Å². The van der Waals surface area contributed by atoms with E-state index in [9.17, 15) is 9.50 Å². The molecule has 1 heterocycles. The lowest BCUT2D eigenvalue weighted by Crippen LogP contribution is -2.16. The van der Waals surface area contributed by atoms with Crippen LogP contribution >= 0.6 is 22.9 Å². The Morgan fingerprint density at radius 3 is 2.67 bits per heavy atom. The van der Waals surface area contributed by atoms with Crippen LogP contribution in [-0.4, -0.2) is 16.2 Å². The number of benzene rings is 1. The van der Waals surface area contributed by atoms with Gasteiger partial charge in [-0.15, -0.1) is 11.3 Å². The van der Waals surface area contributed by atoms with Gasteiger partial charge >= 0.3 is 0 Å². The highest BCUT2D eigenvalue weighted by molar-refractivity contribution is 7.09. The van der Waals surface area contributed by atoms with Gasteiger partial charge in [-0.05, 0) is 11.6 Å². The normalized spacial score (nSPS) is 13.4. The zero-order valence-electron chi connectivity index (χ0n) is 12.4. The Kier molecular flexibility index (Phi) is 5.02. The first kappa shape index (κ1) is 16.4. The number of aromatic nitrogens is 1. The molecule has 2 rings (SSSR count). The van der Waals surface area contributed by atoms with Crippen LogP contribution in [0.2, 0.25) is 5.02 Å². The molecule has 1 aromatic heterocycles. The van der Waals surface area contributed by atoms with Gasteiger partial charge in [-0.2, -0.15) is 0 Å².